The second kappa shape index (κ2) is 9.58. The maximum absolute atomic E-state index is 12.8. The molecule has 1 amide bonds. The van der Waals surface area contributed by atoms with Crippen LogP contribution in [0.25, 0.3) is 0 Å². The fourth-order valence-electron chi connectivity index (χ4n) is 2.35. The molecule has 0 aliphatic heterocycles. The molecular weight excluding hydrogens is 432 g/mol. The Morgan fingerprint density at radius 2 is 1.74 bits per heavy atom. The Bertz CT molecular complexity index is 866. The van der Waals surface area contributed by atoms with E-state index in [1.165, 1.54) is 0 Å². The van der Waals surface area contributed by atoms with Crippen LogP contribution in [0, 0.1) is 0 Å². The average molecular weight is 452 g/mol. The zero-order chi connectivity index (χ0) is 20.0. The van der Waals surface area contributed by atoms with E-state index in [9.17, 15) is 9.59 Å². The summed E-state index contributed by atoms with van der Waals surface area (Å²) in [6.07, 6.45) is -1.31. The highest BCUT2D eigenvalue weighted by Crippen LogP contribution is 2.25. The van der Waals surface area contributed by atoms with Crippen LogP contribution in [0.1, 0.15) is 35.9 Å². The summed E-state index contributed by atoms with van der Waals surface area (Å²) in [6.45, 7) is 3.41. The van der Waals surface area contributed by atoms with Crippen LogP contribution in [0.3, 0.4) is 0 Å². The van der Waals surface area contributed by atoms with Crippen molar-refractivity contribution in [2.75, 3.05) is 7.05 Å². The molecule has 0 fully saturated rings. The quantitative estimate of drug-likeness (QED) is 0.466. The molecule has 0 bridgehead atoms. The molecule has 0 heterocycles. The van der Waals surface area contributed by atoms with Gasteiger partial charge < -0.3 is 10.1 Å². The van der Waals surface area contributed by atoms with Gasteiger partial charge in [-0.05, 0) is 44.2 Å². The summed E-state index contributed by atoms with van der Waals surface area (Å²) in [5, 5.41) is 5.94. The molecule has 7 heteroatoms. The Labute approximate surface area is 171 Å². The number of ether oxygens (including phenoxy) is 1. The van der Waals surface area contributed by atoms with Crippen LogP contribution < -0.4 is 10.6 Å². The van der Waals surface area contributed by atoms with E-state index in [-0.39, 0.29) is 11.5 Å². The smallest absolute Gasteiger partial charge is 0.412 e. The summed E-state index contributed by atoms with van der Waals surface area (Å²) in [4.78, 5) is 25.2. The lowest BCUT2D eigenvalue weighted by Gasteiger charge is -2.17. The van der Waals surface area contributed by atoms with Gasteiger partial charge in [-0.25, -0.2) is 4.79 Å². The molecule has 27 heavy (non-hydrogen) atoms. The van der Waals surface area contributed by atoms with E-state index in [4.69, 9.17) is 16.3 Å². The molecule has 0 aliphatic carbocycles. The first-order chi connectivity index (χ1) is 12.8. The van der Waals surface area contributed by atoms with E-state index < -0.39 is 12.2 Å². The van der Waals surface area contributed by atoms with Crippen molar-refractivity contribution in [3.63, 3.8) is 0 Å². The summed E-state index contributed by atoms with van der Waals surface area (Å²) >= 11 is 9.47. The van der Waals surface area contributed by atoms with Gasteiger partial charge in [0.05, 0.1) is 0 Å². The molecular formula is C20H20BrClN2O3. The number of carbonyl (C=O) groups is 2. The predicted molar refractivity (Wildman–Crippen MR) is 110 cm³/mol. The van der Waals surface area contributed by atoms with E-state index >= 15 is 0 Å². The van der Waals surface area contributed by atoms with Crippen molar-refractivity contribution in [3.8, 4) is 0 Å². The van der Waals surface area contributed by atoms with Crippen molar-refractivity contribution >= 4 is 39.4 Å². The maximum atomic E-state index is 12.8. The number of hydrogen-bond donors (Lipinski definition) is 2. The molecule has 0 radical (unpaired) electrons. The van der Waals surface area contributed by atoms with Gasteiger partial charge in [-0.2, -0.15) is 0 Å². The van der Waals surface area contributed by atoms with Crippen molar-refractivity contribution in [2.24, 2.45) is 0 Å². The number of allylic oxidation sites excluding steroid dienone is 2. The fourth-order valence-corrected chi connectivity index (χ4v) is 2.91. The first-order valence-corrected chi connectivity index (χ1v) is 9.41. The number of ketones is 1. The molecule has 2 rings (SSSR count). The van der Waals surface area contributed by atoms with E-state index in [1.54, 1.807) is 63.4 Å². The van der Waals surface area contributed by atoms with Gasteiger partial charge in [-0.3, -0.25) is 10.1 Å². The molecule has 0 saturated carbocycles. The third-order valence-corrected chi connectivity index (χ3v) is 4.81. The predicted octanol–water partition coefficient (Wildman–Crippen LogP) is 5.22. The highest BCUT2D eigenvalue weighted by Gasteiger charge is 2.21. The number of halogens is 2. The molecule has 0 spiro atoms. The van der Waals surface area contributed by atoms with E-state index in [0.717, 1.165) is 4.47 Å². The molecule has 2 aromatic rings. The molecule has 5 nitrogen and oxygen atoms in total. The monoisotopic (exact) mass is 450 g/mol. The number of hydrogen-bond acceptors (Lipinski definition) is 4. The summed E-state index contributed by atoms with van der Waals surface area (Å²) in [7, 11) is 1.67. The van der Waals surface area contributed by atoms with Crippen LogP contribution in [0.5, 0.6) is 0 Å². The minimum absolute atomic E-state index is 0.121. The van der Waals surface area contributed by atoms with Gasteiger partial charge in [0, 0.05) is 33.4 Å². The zero-order valence-corrected chi connectivity index (χ0v) is 17.5. The highest BCUT2D eigenvalue weighted by molar-refractivity contribution is 9.10. The Hall–Kier alpha value is -2.31. The second-order valence-electron chi connectivity index (χ2n) is 5.78. The first-order valence-electron chi connectivity index (χ1n) is 8.24. The Morgan fingerprint density at radius 3 is 2.33 bits per heavy atom. The third kappa shape index (κ3) is 5.58. The lowest BCUT2D eigenvalue weighted by Crippen LogP contribution is -2.32. The average Bonchev–Trinajstić information content (AvgIpc) is 2.65. The largest absolute Gasteiger partial charge is 0.441 e. The molecule has 2 N–H and O–H groups in total. The minimum Gasteiger partial charge on any atom is -0.441 e. The van der Waals surface area contributed by atoms with E-state index in [2.05, 4.69) is 26.6 Å². The normalized spacial score (nSPS) is 12.6. The molecule has 1 atom stereocenters. The summed E-state index contributed by atoms with van der Waals surface area (Å²) in [5.74, 6) is -0.323. The minimum atomic E-state index is -0.738. The van der Waals surface area contributed by atoms with Gasteiger partial charge in [0.2, 0.25) is 5.78 Å². The molecule has 0 aromatic heterocycles. The van der Waals surface area contributed by atoms with Crippen LogP contribution in [0.2, 0.25) is 5.02 Å². The van der Waals surface area contributed by atoms with Crippen molar-refractivity contribution in [1.29, 1.82) is 0 Å². The number of rotatable bonds is 6. The van der Waals surface area contributed by atoms with Crippen LogP contribution in [0.4, 0.5) is 4.79 Å². The van der Waals surface area contributed by atoms with Gasteiger partial charge in [0.15, 0.2) is 0 Å². The maximum Gasteiger partial charge on any atom is 0.412 e. The summed E-state index contributed by atoms with van der Waals surface area (Å²) in [5.41, 5.74) is 1.77. The van der Waals surface area contributed by atoms with Crippen molar-refractivity contribution < 1.29 is 14.3 Å². The van der Waals surface area contributed by atoms with Crippen LogP contribution in [-0.4, -0.2) is 18.9 Å². The lowest BCUT2D eigenvalue weighted by molar-refractivity contribution is 0.0974. The standard InChI is InChI=1S/C20H20BrClN2O3/c1-12(23-3)18(19(25)14-8-10-15(21)11-9-14)24-20(26)27-13(2)16-6-4-5-7-17(16)22/h4-11,13,23H,1-3H3,(H,24,26)/b18-12+/t13-/m1/s1. The summed E-state index contributed by atoms with van der Waals surface area (Å²) in [6, 6.07) is 14.0. The summed E-state index contributed by atoms with van der Waals surface area (Å²) < 4.78 is 6.25. The zero-order valence-electron chi connectivity index (χ0n) is 15.2. The Kier molecular flexibility index (Phi) is 7.45. The lowest BCUT2D eigenvalue weighted by atomic mass is 10.1. The third-order valence-electron chi connectivity index (χ3n) is 3.94. The molecule has 0 aliphatic rings. The highest BCUT2D eigenvalue weighted by atomic mass is 79.9. The van der Waals surface area contributed by atoms with E-state index in [1.807, 2.05) is 6.07 Å². The molecule has 2 aromatic carbocycles. The van der Waals surface area contributed by atoms with Gasteiger partial charge in [-0.1, -0.05) is 45.7 Å². The molecule has 0 unspecified atom stereocenters. The number of carbonyl (C=O) groups excluding carboxylic acids is 2. The van der Waals surface area contributed by atoms with Crippen LogP contribution in [0.15, 0.2) is 64.4 Å². The number of amides is 1. The van der Waals surface area contributed by atoms with Gasteiger partial charge >= 0.3 is 6.09 Å². The first kappa shape index (κ1) is 21.0. The van der Waals surface area contributed by atoms with Crippen LogP contribution >= 0.6 is 27.5 Å². The molecule has 142 valence electrons. The Balaban J connectivity index is 2.17. The van der Waals surface area contributed by atoms with Gasteiger partial charge in [-0.15, -0.1) is 0 Å². The molecule has 0 saturated heterocycles. The van der Waals surface area contributed by atoms with Crippen LogP contribution in [-0.2, 0) is 4.74 Å². The van der Waals surface area contributed by atoms with Crippen molar-refractivity contribution in [2.45, 2.75) is 20.0 Å². The second-order valence-corrected chi connectivity index (χ2v) is 7.10. The number of Topliss-reactive ketones (excluding diaryl/α,β-unsaturated/α-hetero) is 1. The number of nitrogens with one attached hydrogen (secondary N) is 2. The van der Waals surface area contributed by atoms with Gasteiger partial charge in [0.25, 0.3) is 0 Å². The Morgan fingerprint density at radius 1 is 1.11 bits per heavy atom. The van der Waals surface area contributed by atoms with Gasteiger partial charge in [0.1, 0.15) is 11.8 Å². The van der Waals surface area contributed by atoms with Crippen molar-refractivity contribution in [3.05, 3.63) is 80.5 Å². The number of benzene rings is 2. The SMILES string of the molecule is CN/C(C)=C(/NC(=O)O[C@H](C)c1ccccc1Cl)C(=O)c1ccc(Br)cc1. The fraction of sp³-hybridized carbons (Fsp3) is 0.200. The topological polar surface area (TPSA) is 67.4 Å². The van der Waals surface area contributed by atoms with Crippen molar-refractivity contribution in [1.82, 2.24) is 10.6 Å². The van der Waals surface area contributed by atoms with E-state index in [0.29, 0.717) is 21.8 Å². The number of alkyl carbamates (subject to hydrolysis) is 1.